The summed E-state index contributed by atoms with van der Waals surface area (Å²) in [4.78, 5) is 23.3. The first-order chi connectivity index (χ1) is 8.96. The van der Waals surface area contributed by atoms with Crippen LogP contribution in [-0.4, -0.2) is 42.3 Å². The maximum absolute atomic E-state index is 11.8. The van der Waals surface area contributed by atoms with Gasteiger partial charge in [0.05, 0.1) is 5.41 Å². The molecule has 0 radical (unpaired) electrons. The lowest BCUT2D eigenvalue weighted by Crippen LogP contribution is -2.52. The van der Waals surface area contributed by atoms with Crippen molar-refractivity contribution in [2.45, 2.75) is 44.1 Å². The van der Waals surface area contributed by atoms with Gasteiger partial charge in [-0.25, -0.2) is 0 Å². The van der Waals surface area contributed by atoms with Crippen molar-refractivity contribution in [1.82, 2.24) is 5.32 Å². The molecular formula is C13H22N2O4. The second kappa shape index (κ2) is 5.46. The van der Waals surface area contributed by atoms with Crippen molar-refractivity contribution >= 4 is 11.9 Å². The Bertz CT molecular complexity index is 360. The second-order valence-electron chi connectivity index (χ2n) is 5.87. The highest BCUT2D eigenvalue weighted by Gasteiger charge is 2.41. The van der Waals surface area contributed by atoms with Gasteiger partial charge in [0.15, 0.2) is 0 Å². The van der Waals surface area contributed by atoms with E-state index in [0.29, 0.717) is 32.5 Å². The highest BCUT2D eigenvalue weighted by Crippen LogP contribution is 2.33. The molecule has 108 valence electrons. The second-order valence-corrected chi connectivity index (χ2v) is 5.87. The quantitative estimate of drug-likeness (QED) is 0.665. The molecule has 0 aromatic rings. The van der Waals surface area contributed by atoms with Crippen molar-refractivity contribution in [3.05, 3.63) is 0 Å². The molecule has 6 heteroatoms. The Balaban J connectivity index is 1.84. The lowest BCUT2D eigenvalue weighted by Gasteiger charge is -2.38. The van der Waals surface area contributed by atoms with Crippen LogP contribution in [0.1, 0.15) is 38.5 Å². The first-order valence-electron chi connectivity index (χ1n) is 6.83. The van der Waals surface area contributed by atoms with Gasteiger partial charge in [0.2, 0.25) is 5.91 Å². The van der Waals surface area contributed by atoms with E-state index >= 15 is 0 Å². The summed E-state index contributed by atoms with van der Waals surface area (Å²) in [5, 5.41) is 12.1. The van der Waals surface area contributed by atoms with E-state index in [4.69, 9.17) is 10.5 Å². The van der Waals surface area contributed by atoms with Crippen molar-refractivity contribution < 1.29 is 19.4 Å². The van der Waals surface area contributed by atoms with Crippen LogP contribution in [0.15, 0.2) is 0 Å². The van der Waals surface area contributed by atoms with Crippen LogP contribution in [0.5, 0.6) is 0 Å². The lowest BCUT2D eigenvalue weighted by atomic mass is 9.75. The monoisotopic (exact) mass is 270 g/mol. The van der Waals surface area contributed by atoms with Gasteiger partial charge < -0.3 is 20.9 Å². The number of amides is 1. The topological polar surface area (TPSA) is 102 Å². The highest BCUT2D eigenvalue weighted by molar-refractivity contribution is 5.80. The van der Waals surface area contributed by atoms with Gasteiger partial charge in [0.1, 0.15) is 0 Å². The van der Waals surface area contributed by atoms with Gasteiger partial charge in [-0.1, -0.05) is 0 Å². The van der Waals surface area contributed by atoms with Crippen LogP contribution in [0.2, 0.25) is 0 Å². The minimum atomic E-state index is -0.880. The van der Waals surface area contributed by atoms with Crippen LogP contribution in [0.4, 0.5) is 0 Å². The van der Waals surface area contributed by atoms with Crippen molar-refractivity contribution in [2.24, 2.45) is 11.1 Å². The van der Waals surface area contributed by atoms with E-state index in [1.165, 1.54) is 0 Å². The Kier molecular flexibility index (Phi) is 4.10. The molecule has 0 spiro atoms. The van der Waals surface area contributed by atoms with Crippen molar-refractivity contribution in [3.63, 3.8) is 0 Å². The number of aliphatic carboxylic acids is 1. The van der Waals surface area contributed by atoms with Gasteiger partial charge in [-0.15, -0.1) is 0 Å². The zero-order valence-electron chi connectivity index (χ0n) is 11.1. The first kappa shape index (κ1) is 14.3. The SMILES string of the molecule is NC1(CC(=O)NCC2(C(=O)O)CCOCC2)CCC1. The molecule has 2 rings (SSSR count). The molecule has 6 nitrogen and oxygen atoms in total. The average Bonchev–Trinajstić information content (AvgIpc) is 2.35. The van der Waals surface area contributed by atoms with Crippen LogP contribution >= 0.6 is 0 Å². The highest BCUT2D eigenvalue weighted by atomic mass is 16.5. The smallest absolute Gasteiger partial charge is 0.311 e. The molecule has 2 aliphatic rings. The van der Waals surface area contributed by atoms with E-state index in [1.54, 1.807) is 0 Å². The van der Waals surface area contributed by atoms with Crippen LogP contribution < -0.4 is 11.1 Å². The zero-order chi connectivity index (χ0) is 13.9. The molecule has 1 saturated heterocycles. The molecule has 0 aromatic carbocycles. The summed E-state index contributed by atoms with van der Waals surface area (Å²) < 4.78 is 5.19. The van der Waals surface area contributed by atoms with E-state index in [1.807, 2.05) is 0 Å². The molecule has 0 bridgehead atoms. The van der Waals surface area contributed by atoms with Crippen LogP contribution in [0.25, 0.3) is 0 Å². The summed E-state index contributed by atoms with van der Waals surface area (Å²) in [5.41, 5.74) is 4.76. The van der Waals surface area contributed by atoms with Gasteiger partial charge in [0, 0.05) is 31.7 Å². The number of carboxylic acids is 1. The number of carbonyl (C=O) groups excluding carboxylic acids is 1. The summed E-state index contributed by atoms with van der Waals surface area (Å²) in [6.45, 7) is 1.03. The molecular weight excluding hydrogens is 248 g/mol. The molecule has 1 amide bonds. The molecule has 2 fully saturated rings. The minimum absolute atomic E-state index is 0.144. The fourth-order valence-corrected chi connectivity index (χ4v) is 2.69. The Morgan fingerprint density at radius 1 is 1.21 bits per heavy atom. The fraction of sp³-hybridized carbons (Fsp3) is 0.846. The number of carbonyl (C=O) groups is 2. The molecule has 0 atom stereocenters. The molecule has 1 aliphatic carbocycles. The molecule has 0 unspecified atom stereocenters. The maximum atomic E-state index is 11.8. The standard InChI is InChI=1S/C13H22N2O4/c14-13(2-1-3-13)8-10(16)15-9-12(11(17)18)4-6-19-7-5-12/h1-9,14H2,(H,15,16)(H,17,18). The number of ether oxygens (including phenoxy) is 1. The lowest BCUT2D eigenvalue weighted by molar-refractivity contribution is -0.154. The third-order valence-corrected chi connectivity index (χ3v) is 4.39. The summed E-state index contributed by atoms with van der Waals surface area (Å²) in [6, 6.07) is 0. The van der Waals surface area contributed by atoms with Gasteiger partial charge in [0.25, 0.3) is 0 Å². The van der Waals surface area contributed by atoms with Crippen molar-refractivity contribution in [1.29, 1.82) is 0 Å². The van der Waals surface area contributed by atoms with Gasteiger partial charge in [-0.3, -0.25) is 9.59 Å². The summed E-state index contributed by atoms with van der Waals surface area (Å²) in [5.74, 6) is -1.00. The molecule has 19 heavy (non-hydrogen) atoms. The summed E-state index contributed by atoms with van der Waals surface area (Å²) in [7, 11) is 0. The van der Waals surface area contributed by atoms with Crippen LogP contribution in [-0.2, 0) is 14.3 Å². The molecule has 4 N–H and O–H groups in total. The number of hydrogen-bond donors (Lipinski definition) is 3. The minimum Gasteiger partial charge on any atom is -0.481 e. The Labute approximate surface area is 112 Å². The largest absolute Gasteiger partial charge is 0.481 e. The third kappa shape index (κ3) is 3.25. The maximum Gasteiger partial charge on any atom is 0.311 e. The van der Waals surface area contributed by atoms with E-state index in [9.17, 15) is 14.7 Å². The summed E-state index contributed by atoms with van der Waals surface area (Å²) >= 11 is 0. The van der Waals surface area contributed by atoms with E-state index in [2.05, 4.69) is 5.32 Å². The van der Waals surface area contributed by atoms with Crippen LogP contribution in [0.3, 0.4) is 0 Å². The van der Waals surface area contributed by atoms with Gasteiger partial charge >= 0.3 is 5.97 Å². The number of rotatable bonds is 5. The summed E-state index contributed by atoms with van der Waals surface area (Å²) in [6.07, 6.45) is 3.99. The molecule has 1 saturated carbocycles. The normalized spacial score (nSPS) is 24.3. The zero-order valence-corrected chi connectivity index (χ0v) is 11.1. The average molecular weight is 270 g/mol. The molecule has 1 aliphatic heterocycles. The van der Waals surface area contributed by atoms with Crippen molar-refractivity contribution in [2.75, 3.05) is 19.8 Å². The third-order valence-electron chi connectivity index (χ3n) is 4.39. The van der Waals surface area contributed by atoms with Gasteiger partial charge in [-0.2, -0.15) is 0 Å². The van der Waals surface area contributed by atoms with Crippen LogP contribution in [0, 0.1) is 5.41 Å². The molecule has 1 heterocycles. The Hall–Kier alpha value is -1.14. The predicted molar refractivity (Wildman–Crippen MR) is 68.5 cm³/mol. The number of carboxylic acid groups (broad SMARTS) is 1. The van der Waals surface area contributed by atoms with E-state index in [-0.39, 0.29) is 18.0 Å². The first-order valence-corrected chi connectivity index (χ1v) is 6.83. The fourth-order valence-electron chi connectivity index (χ4n) is 2.69. The Morgan fingerprint density at radius 2 is 1.84 bits per heavy atom. The van der Waals surface area contributed by atoms with E-state index < -0.39 is 11.4 Å². The number of nitrogens with two attached hydrogens (primary N) is 1. The predicted octanol–water partition coefficient (Wildman–Crippen LogP) is 0.255. The number of nitrogens with one attached hydrogen (secondary N) is 1. The van der Waals surface area contributed by atoms with Crippen molar-refractivity contribution in [3.8, 4) is 0 Å². The van der Waals surface area contributed by atoms with E-state index in [0.717, 1.165) is 19.3 Å². The van der Waals surface area contributed by atoms with Gasteiger partial charge in [-0.05, 0) is 32.1 Å². The number of hydrogen-bond acceptors (Lipinski definition) is 4. The Morgan fingerprint density at radius 3 is 2.32 bits per heavy atom. The molecule has 0 aromatic heterocycles.